The maximum atomic E-state index is 4.27. The summed E-state index contributed by atoms with van der Waals surface area (Å²) in [5.41, 5.74) is 0. The zero-order valence-corrected chi connectivity index (χ0v) is 14.3. The summed E-state index contributed by atoms with van der Waals surface area (Å²) >= 11 is 0. The zero-order valence-electron chi connectivity index (χ0n) is 11.0. The monoisotopic (exact) mass is 360 g/mol. The molecule has 0 unspecified atom stereocenters. The molecular formula is C14H8N4S4. The molecule has 4 rings (SSSR count). The fourth-order valence-corrected chi connectivity index (χ4v) is 4.43. The highest BCUT2D eigenvalue weighted by Gasteiger charge is 1.96. The molecule has 22 heavy (non-hydrogen) atoms. The van der Waals surface area contributed by atoms with Gasteiger partial charge in [-0.2, -0.15) is 17.5 Å². The van der Waals surface area contributed by atoms with Gasteiger partial charge in [-0.3, -0.25) is 0 Å². The van der Waals surface area contributed by atoms with E-state index in [-0.39, 0.29) is 0 Å². The van der Waals surface area contributed by atoms with Gasteiger partial charge in [-0.1, -0.05) is 48.5 Å². The van der Waals surface area contributed by atoms with Crippen LogP contribution in [0.2, 0.25) is 0 Å². The van der Waals surface area contributed by atoms with Gasteiger partial charge in [0.25, 0.3) is 0 Å². The van der Waals surface area contributed by atoms with Crippen LogP contribution in [0.5, 0.6) is 0 Å². The molecule has 4 nitrogen and oxygen atoms in total. The summed E-state index contributed by atoms with van der Waals surface area (Å²) in [6.45, 7) is 0. The van der Waals surface area contributed by atoms with Gasteiger partial charge >= 0.3 is 0 Å². The average molecular weight is 361 g/mol. The van der Waals surface area contributed by atoms with Gasteiger partial charge in [-0.15, -0.1) is 0 Å². The summed E-state index contributed by atoms with van der Waals surface area (Å²) in [5.74, 6) is 1.60. The lowest BCUT2D eigenvalue weighted by Crippen LogP contribution is -2.02. The molecule has 2 aliphatic heterocycles. The second-order valence-electron chi connectivity index (χ2n) is 4.47. The number of benzene rings is 2. The Morgan fingerprint density at radius 2 is 0.682 bits per heavy atom. The van der Waals surface area contributed by atoms with Crippen molar-refractivity contribution in [2.45, 2.75) is 0 Å². The molecule has 0 aromatic heterocycles. The Balaban J connectivity index is 1.86. The third kappa shape index (κ3) is 2.78. The normalized spacial score (nSPS) is 15.3. The summed E-state index contributed by atoms with van der Waals surface area (Å²) in [4.78, 5) is 0. The largest absolute Gasteiger partial charge is 0.186 e. The summed E-state index contributed by atoms with van der Waals surface area (Å²) in [6.07, 6.45) is 0. The fraction of sp³-hybridized carbons (Fsp3) is 0. The molecule has 2 aliphatic rings. The molecule has 8 heteroatoms. The van der Waals surface area contributed by atoms with Crippen molar-refractivity contribution < 1.29 is 0 Å². The van der Waals surface area contributed by atoms with Crippen LogP contribution in [0.4, 0.5) is 0 Å². The Morgan fingerprint density at radius 3 is 1.00 bits per heavy atom. The van der Waals surface area contributed by atoms with Crippen molar-refractivity contribution in [1.82, 2.24) is 0 Å². The number of hydrogen-bond acceptors (Lipinski definition) is 4. The summed E-state index contributed by atoms with van der Waals surface area (Å²) in [6, 6.07) is 16.6. The van der Waals surface area contributed by atoms with Gasteiger partial charge in [0.05, 0.1) is 0 Å². The minimum Gasteiger partial charge on any atom is -0.159 e. The second-order valence-corrected chi connectivity index (χ2v) is 7.58. The van der Waals surface area contributed by atoms with E-state index < -0.39 is 0 Å². The van der Waals surface area contributed by atoms with Gasteiger partial charge in [-0.25, -0.2) is 0 Å². The third-order valence-electron chi connectivity index (χ3n) is 3.18. The van der Waals surface area contributed by atoms with E-state index in [0.29, 0.717) is 0 Å². The van der Waals surface area contributed by atoms with Gasteiger partial charge in [0.15, 0.2) is 11.6 Å². The van der Waals surface area contributed by atoms with E-state index in [9.17, 15) is 0 Å². The first kappa shape index (κ1) is 13.9. The first-order valence-electron chi connectivity index (χ1n) is 6.35. The van der Waals surface area contributed by atoms with Crippen molar-refractivity contribution in [3.05, 3.63) is 69.4 Å². The molecule has 0 N–H and O–H groups in total. The minimum atomic E-state index is 0.799. The molecule has 2 heterocycles. The van der Waals surface area contributed by atoms with Crippen molar-refractivity contribution >= 4 is 52.1 Å². The predicted molar refractivity (Wildman–Crippen MR) is 95.8 cm³/mol. The molecule has 0 bridgehead atoms. The van der Waals surface area contributed by atoms with Crippen molar-refractivity contribution in [2.75, 3.05) is 0 Å². The lowest BCUT2D eigenvalue weighted by molar-refractivity contribution is 1.39. The predicted octanol–water partition coefficient (Wildman–Crippen LogP) is 2.03. The Bertz CT molecular complexity index is 1040. The molecule has 108 valence electrons. The highest BCUT2D eigenvalue weighted by atomic mass is 32.8. The van der Waals surface area contributed by atoms with E-state index in [0.717, 1.165) is 22.1 Å². The minimum absolute atomic E-state index is 0.799. The number of nitrogens with zero attached hydrogens (tertiary/aromatic N) is 4. The van der Waals surface area contributed by atoms with E-state index in [4.69, 9.17) is 0 Å². The van der Waals surface area contributed by atoms with Crippen LogP contribution >= 0.6 is 0 Å². The van der Waals surface area contributed by atoms with E-state index in [1.54, 1.807) is 0 Å². The fourth-order valence-electron chi connectivity index (χ4n) is 2.08. The van der Waals surface area contributed by atoms with Gasteiger partial charge in [0, 0.05) is 50.9 Å². The van der Waals surface area contributed by atoms with Gasteiger partial charge in [0.1, 0.15) is 0 Å². The molecule has 0 atom stereocenters. The Labute approximate surface area is 138 Å². The van der Waals surface area contributed by atoms with Crippen LogP contribution < -0.4 is 10.4 Å². The standard InChI is InChI=1S/C14H8N4S4/c1-5-11(13-15-19-20-16-13)6-2-9(1)10-3-7-12(8-4-10)14-17-21-22-18-14/h1-8H. The van der Waals surface area contributed by atoms with Crippen LogP contribution in [-0.4, -0.2) is 0 Å². The van der Waals surface area contributed by atoms with Crippen molar-refractivity contribution in [3.63, 3.8) is 0 Å². The van der Waals surface area contributed by atoms with Gasteiger partial charge in [0.2, 0.25) is 0 Å². The Morgan fingerprint density at radius 1 is 0.409 bits per heavy atom. The highest BCUT2D eigenvalue weighted by Crippen LogP contribution is 2.02. The lowest BCUT2D eigenvalue weighted by Gasteiger charge is -1.92. The summed E-state index contributed by atoms with van der Waals surface area (Å²) in [7, 11) is 5.62. The van der Waals surface area contributed by atoms with Crippen LogP contribution in [0.25, 0.3) is 11.6 Å². The molecule has 0 spiro atoms. The zero-order chi connectivity index (χ0) is 14.8. The van der Waals surface area contributed by atoms with Crippen LogP contribution in [0, 0.1) is 10.4 Å². The molecule has 0 aliphatic carbocycles. The Kier molecular flexibility index (Phi) is 3.90. The van der Waals surface area contributed by atoms with E-state index in [2.05, 4.69) is 66.0 Å². The molecule has 0 radical (unpaired) electrons. The molecule has 2 aromatic rings. The molecule has 0 fully saturated rings. The second kappa shape index (κ2) is 6.17. The first-order valence-corrected chi connectivity index (χ1v) is 10.5. The maximum absolute atomic E-state index is 4.27. The summed E-state index contributed by atoms with van der Waals surface area (Å²) in [5, 5.41) is 4.43. The molecule has 0 saturated carbocycles. The van der Waals surface area contributed by atoms with Crippen molar-refractivity contribution in [3.8, 4) is 0 Å². The SMILES string of the molecule is c1cc(=c2ccc(=C3N=S=S=N3)cc2)ccc1=C1N=S=S=N1. The van der Waals surface area contributed by atoms with Crippen LogP contribution in [0.3, 0.4) is 0 Å². The summed E-state index contributed by atoms with van der Waals surface area (Å²) < 4.78 is 17.1. The quantitative estimate of drug-likeness (QED) is 0.690. The van der Waals surface area contributed by atoms with Crippen LogP contribution in [0.1, 0.15) is 0 Å². The van der Waals surface area contributed by atoms with Crippen molar-refractivity contribution in [1.29, 1.82) is 0 Å². The highest BCUT2D eigenvalue weighted by molar-refractivity contribution is 8.17. The third-order valence-corrected chi connectivity index (χ3v) is 5.60. The number of hydrogen-bond donors (Lipinski definition) is 0. The van der Waals surface area contributed by atoms with E-state index in [1.807, 2.05) is 0 Å². The number of rotatable bonds is 0. The smallest absolute Gasteiger partial charge is 0.159 e. The van der Waals surface area contributed by atoms with Gasteiger partial charge in [-0.05, 0) is 10.4 Å². The van der Waals surface area contributed by atoms with Crippen molar-refractivity contribution in [2.24, 2.45) is 17.5 Å². The Hall–Kier alpha value is -1.74. The molecule has 2 aromatic carbocycles. The topological polar surface area (TPSA) is 49.4 Å². The maximum Gasteiger partial charge on any atom is 0.186 e. The molecule has 0 saturated heterocycles. The lowest BCUT2D eigenvalue weighted by atomic mass is 10.2. The van der Waals surface area contributed by atoms with Crippen LogP contribution in [0.15, 0.2) is 66.0 Å². The molecule has 0 amide bonds. The van der Waals surface area contributed by atoms with E-state index in [1.165, 1.54) is 50.9 Å². The van der Waals surface area contributed by atoms with E-state index >= 15 is 0 Å². The van der Waals surface area contributed by atoms with Crippen LogP contribution in [-0.2, 0) is 40.5 Å². The van der Waals surface area contributed by atoms with Gasteiger partial charge < -0.3 is 0 Å². The molecular weight excluding hydrogens is 352 g/mol. The average Bonchev–Trinajstić information content (AvgIpc) is 3.29. The first-order chi connectivity index (χ1) is 10.9.